The van der Waals surface area contributed by atoms with Crippen LogP contribution in [-0.4, -0.2) is 66.8 Å². The minimum Gasteiger partial charge on any atom is -0.207 e. The molecule has 0 radical (unpaired) electrons. The standard InChI is InChI=1S/C28BF28.C25H29O4Se/c30-9-1(25(46,47)48)5(13(34)21(42)17(9)38)29(6-2(26(49,50)51)10(31)18(39)22(43)14(6)35,7-3(27(52,53)54)11(32)19(40)23(44)15(7)36)8-4(28(55,56)57)12(33)20(41)24(45)16(8)37;1-26-16-17-27-18-19-28-20-21-29-24-14-8-9-15-25(24)30(22-10-4-2-5-11-22)23-12-6-3-7-13-23/h;2-15H,16-21H2,1H3/q-1;+1. The summed E-state index contributed by atoms with van der Waals surface area (Å²) in [5.41, 5.74) is -38.1. The zero-order valence-electron chi connectivity index (χ0n) is 42.5. The van der Waals surface area contributed by atoms with Crippen molar-refractivity contribution < 1.29 is 142 Å². The van der Waals surface area contributed by atoms with E-state index in [1.807, 2.05) is 6.07 Å². The molecule has 0 aliphatic rings. The third-order valence-corrected chi connectivity index (χ3v) is 17.1. The van der Waals surface area contributed by atoms with Crippen molar-refractivity contribution in [3.63, 3.8) is 0 Å². The molecule has 0 aliphatic carbocycles. The van der Waals surface area contributed by atoms with Gasteiger partial charge in [-0.25, -0.2) is 70.2 Å². The minimum atomic E-state index is -8.89. The van der Waals surface area contributed by atoms with Gasteiger partial charge in [0.2, 0.25) is 0 Å². The van der Waals surface area contributed by atoms with Gasteiger partial charge in [-0.15, -0.1) is 21.9 Å². The van der Waals surface area contributed by atoms with Crippen molar-refractivity contribution in [1.82, 2.24) is 0 Å². The fraction of sp³-hybridized carbons (Fsp3) is 0.208. The molecule has 0 saturated carbocycles. The van der Waals surface area contributed by atoms with Gasteiger partial charge in [-0.1, -0.05) is 0 Å². The van der Waals surface area contributed by atoms with Gasteiger partial charge in [0.15, 0.2) is 69.8 Å². The van der Waals surface area contributed by atoms with Crippen LogP contribution in [0.3, 0.4) is 0 Å². The second-order valence-corrected chi connectivity index (χ2v) is 21.7. The van der Waals surface area contributed by atoms with E-state index in [0.717, 1.165) is 5.75 Å². The summed E-state index contributed by atoms with van der Waals surface area (Å²) in [4.78, 5) is 0. The summed E-state index contributed by atoms with van der Waals surface area (Å²) >= 11 is -1.45. The second kappa shape index (κ2) is 26.7. The van der Waals surface area contributed by atoms with Gasteiger partial charge in [0, 0.05) is 7.11 Å². The molecule has 7 aromatic rings. The van der Waals surface area contributed by atoms with Gasteiger partial charge in [-0.2, -0.15) is 52.7 Å². The van der Waals surface area contributed by atoms with Crippen LogP contribution in [0.1, 0.15) is 22.3 Å². The molecular weight excluding hydrogens is 1320 g/mol. The first-order valence-electron chi connectivity index (χ1n) is 23.6. The summed E-state index contributed by atoms with van der Waals surface area (Å²) in [5.74, 6) is -68.8. The molecule has 0 unspecified atom stereocenters. The summed E-state index contributed by atoms with van der Waals surface area (Å²) < 4.78 is 444. The smallest absolute Gasteiger partial charge is 0.207 e. The van der Waals surface area contributed by atoms with E-state index in [-0.39, 0.29) is 0 Å². The maximum absolute atomic E-state index is 16.0. The van der Waals surface area contributed by atoms with Crippen molar-refractivity contribution >= 4 is 55.3 Å². The van der Waals surface area contributed by atoms with Crippen LogP contribution in [0.5, 0.6) is 5.75 Å². The topological polar surface area (TPSA) is 36.9 Å². The summed E-state index contributed by atoms with van der Waals surface area (Å²) in [7, 11) is 1.66. The Kier molecular flexibility index (Phi) is 21.1. The third kappa shape index (κ3) is 13.3. The number of hydrogen-bond acceptors (Lipinski definition) is 4. The van der Waals surface area contributed by atoms with Gasteiger partial charge in [0.1, 0.15) is 29.4 Å². The zero-order valence-corrected chi connectivity index (χ0v) is 44.2. The zero-order chi connectivity index (χ0) is 65.2. The van der Waals surface area contributed by atoms with Crippen molar-refractivity contribution in [1.29, 1.82) is 0 Å². The number of halogens is 28. The third-order valence-electron chi connectivity index (χ3n) is 12.4. The molecule has 0 aliphatic heterocycles. The summed E-state index contributed by atoms with van der Waals surface area (Å²) in [6.07, 6.45) is -39.5. The Labute approximate surface area is 473 Å². The fourth-order valence-corrected chi connectivity index (χ4v) is 13.7. The van der Waals surface area contributed by atoms with Crippen LogP contribution in [-0.2, 0) is 38.9 Å². The first-order valence-corrected chi connectivity index (χ1v) is 26.1. The van der Waals surface area contributed by atoms with Crippen LogP contribution in [0.4, 0.5) is 123 Å². The average Bonchev–Trinajstić information content (AvgIpc) is 0.670. The monoisotopic (exact) mass is 1350 g/mol. The van der Waals surface area contributed by atoms with Crippen LogP contribution < -0.4 is 40.0 Å². The number of alkyl halides is 12. The Morgan fingerprint density at radius 3 is 0.851 bits per heavy atom. The molecule has 4 nitrogen and oxygen atoms in total. The minimum absolute atomic E-state index is 0.511. The molecule has 470 valence electrons. The molecule has 0 amide bonds. The number of benzene rings is 7. The van der Waals surface area contributed by atoms with Gasteiger partial charge in [0.25, 0.3) is 0 Å². The van der Waals surface area contributed by atoms with E-state index in [4.69, 9.17) is 18.9 Å². The Morgan fingerprint density at radius 2 is 0.563 bits per heavy atom. The van der Waals surface area contributed by atoms with Crippen LogP contribution in [0.25, 0.3) is 0 Å². The Bertz CT molecular complexity index is 3280. The van der Waals surface area contributed by atoms with Crippen LogP contribution in [0.2, 0.25) is 0 Å². The summed E-state index contributed by atoms with van der Waals surface area (Å²) in [6.45, 7) is 3.36. The molecule has 7 rings (SSSR count). The van der Waals surface area contributed by atoms with Crippen LogP contribution in [0.15, 0.2) is 84.9 Å². The van der Waals surface area contributed by atoms with Crippen LogP contribution in [0, 0.1) is 93.1 Å². The number of rotatable bonds is 17. The van der Waals surface area contributed by atoms with Gasteiger partial charge in [-0.3, -0.25) is 0 Å². The van der Waals surface area contributed by atoms with Gasteiger partial charge < -0.3 is 0 Å². The molecule has 0 heterocycles. The van der Waals surface area contributed by atoms with E-state index in [2.05, 4.69) is 78.9 Å². The number of ether oxygens (including phenoxy) is 4. The molecule has 87 heavy (non-hydrogen) atoms. The van der Waals surface area contributed by atoms with E-state index in [1.165, 1.54) is 13.4 Å². The first-order chi connectivity index (χ1) is 40.4. The average molecular weight is 1350 g/mol. The fourth-order valence-electron chi connectivity index (χ4n) is 9.11. The molecule has 0 N–H and O–H groups in total. The number of methoxy groups -OCH3 is 1. The predicted octanol–water partition coefficient (Wildman–Crippen LogP) is 11.6. The Balaban J connectivity index is 0.000000337. The Morgan fingerprint density at radius 1 is 0.310 bits per heavy atom. The predicted molar refractivity (Wildman–Crippen MR) is 252 cm³/mol. The molecule has 0 saturated heterocycles. The van der Waals surface area contributed by atoms with E-state index in [9.17, 15) is 87.8 Å². The largest absolute Gasteiger partial charge is 0.416 e. The Hall–Kier alpha value is -7.16. The first kappa shape index (κ1) is 69.0. The van der Waals surface area contributed by atoms with E-state index < -0.39 is 182 Å². The summed E-state index contributed by atoms with van der Waals surface area (Å²) in [6, 6.07) is 29.9. The molecule has 0 spiro atoms. The molecule has 0 bridgehead atoms. The maximum Gasteiger partial charge on any atom is 0.416 e. The molecule has 7 aromatic carbocycles. The van der Waals surface area contributed by atoms with E-state index >= 15 is 35.1 Å². The SMILES string of the molecule is COCCOCCOCCOc1ccccc1[Se+](c1ccccc1)c1ccccc1.Fc1c(F)c(F)c(C(F)(F)F)c([B-](c2c(F)c(F)c(F)c(F)c2C(F)(F)F)(c2c(F)c(F)c(F)c(F)c2C(F)(F)F)c2c(F)c(F)c(F)c(F)c2C(F)(F)F)c1F. The van der Waals surface area contributed by atoms with Crippen molar-refractivity contribution in [3.05, 3.63) is 200 Å². The van der Waals surface area contributed by atoms with Gasteiger partial charge in [-0.05, 0) is 0 Å². The van der Waals surface area contributed by atoms with E-state index in [1.54, 1.807) is 7.11 Å². The normalized spacial score (nSPS) is 12.5. The van der Waals surface area contributed by atoms with Crippen LogP contribution >= 0.6 is 0 Å². The second-order valence-electron chi connectivity index (χ2n) is 17.5. The quantitative estimate of drug-likeness (QED) is 0.0299. The molecule has 34 heteroatoms. The molecule has 0 aromatic heterocycles. The summed E-state index contributed by atoms with van der Waals surface area (Å²) in [5, 5.41) is 0. The van der Waals surface area contributed by atoms with Crippen molar-refractivity contribution in [2.24, 2.45) is 0 Å². The molecular formula is C53H29BF28O4Se. The van der Waals surface area contributed by atoms with Crippen molar-refractivity contribution in [3.8, 4) is 5.75 Å². The number of para-hydroxylation sites is 1. The van der Waals surface area contributed by atoms with E-state index in [0.29, 0.717) is 39.6 Å². The molecule has 0 fully saturated rings. The van der Waals surface area contributed by atoms with Crippen molar-refractivity contribution in [2.45, 2.75) is 24.7 Å². The maximum atomic E-state index is 16.0. The number of hydrogen-bond donors (Lipinski definition) is 0. The van der Waals surface area contributed by atoms with Gasteiger partial charge in [0.05, 0.1) is 22.3 Å². The van der Waals surface area contributed by atoms with Gasteiger partial charge >= 0.3 is 201 Å². The molecule has 0 atom stereocenters. The van der Waals surface area contributed by atoms with Crippen molar-refractivity contribution in [2.75, 3.05) is 46.8 Å².